The predicted octanol–water partition coefficient (Wildman–Crippen LogP) is -0.391. The molecule has 6 nitrogen and oxygen atoms in total. The Kier molecular flexibility index (Phi) is 5.99. The second-order valence-electron chi connectivity index (χ2n) is 6.19. The Morgan fingerprint density at radius 1 is 1.10 bits per heavy atom. The predicted molar refractivity (Wildman–Crippen MR) is 81.9 cm³/mol. The zero-order chi connectivity index (χ0) is 15.2. The van der Waals surface area contributed by atoms with Gasteiger partial charge in [0.1, 0.15) is 0 Å². The molecule has 1 atom stereocenters. The minimum atomic E-state index is 0.105. The van der Waals surface area contributed by atoms with Crippen molar-refractivity contribution in [2.45, 2.75) is 19.8 Å². The minimum Gasteiger partial charge on any atom is -0.339 e. The summed E-state index contributed by atoms with van der Waals surface area (Å²) < 4.78 is 0. The Morgan fingerprint density at radius 3 is 2.38 bits per heavy atom. The quantitative estimate of drug-likeness (QED) is 0.768. The number of nitrogens with zero attached hydrogens (tertiary/aromatic N) is 3. The smallest absolute Gasteiger partial charge is 0.236 e. The average Bonchev–Trinajstić information content (AvgIpc) is 2.48. The largest absolute Gasteiger partial charge is 0.339 e. The molecule has 0 aromatic carbocycles. The molecule has 0 aliphatic carbocycles. The van der Waals surface area contributed by atoms with Crippen molar-refractivity contribution >= 4 is 11.8 Å². The highest BCUT2D eigenvalue weighted by Gasteiger charge is 2.26. The first-order valence-electron chi connectivity index (χ1n) is 8.00. The Morgan fingerprint density at radius 2 is 1.76 bits per heavy atom. The maximum Gasteiger partial charge on any atom is 0.236 e. The highest BCUT2D eigenvalue weighted by molar-refractivity contribution is 5.79. The van der Waals surface area contributed by atoms with Crippen molar-refractivity contribution < 1.29 is 9.59 Å². The van der Waals surface area contributed by atoms with E-state index in [4.69, 9.17) is 0 Å². The summed E-state index contributed by atoms with van der Waals surface area (Å²) in [4.78, 5) is 29.7. The molecule has 2 aliphatic rings. The van der Waals surface area contributed by atoms with E-state index >= 15 is 0 Å². The molecule has 0 bridgehead atoms. The fourth-order valence-corrected chi connectivity index (χ4v) is 3.31. The van der Waals surface area contributed by atoms with Crippen molar-refractivity contribution in [2.24, 2.45) is 5.92 Å². The van der Waals surface area contributed by atoms with E-state index in [0.29, 0.717) is 38.6 Å². The molecule has 0 radical (unpaired) electrons. The molecule has 0 saturated carbocycles. The summed E-state index contributed by atoms with van der Waals surface area (Å²) in [6.07, 6.45) is 2.43. The van der Waals surface area contributed by atoms with Gasteiger partial charge in [-0.25, -0.2) is 0 Å². The molecule has 120 valence electrons. The van der Waals surface area contributed by atoms with Crippen LogP contribution < -0.4 is 5.32 Å². The first-order valence-corrected chi connectivity index (χ1v) is 8.00. The lowest BCUT2D eigenvalue weighted by Gasteiger charge is -2.37. The standard InChI is InChI=1S/C15H28N4O2/c1-13(20)18-6-8-19(9-7-18)15(21)12-17-5-3-4-14(11-17)10-16-2/h14,16H,3-12H2,1-2H3. The number of rotatable bonds is 4. The van der Waals surface area contributed by atoms with Gasteiger partial charge in [0.25, 0.3) is 0 Å². The van der Waals surface area contributed by atoms with Crippen molar-refractivity contribution in [3.8, 4) is 0 Å². The van der Waals surface area contributed by atoms with Crippen molar-refractivity contribution in [1.82, 2.24) is 20.0 Å². The lowest BCUT2D eigenvalue weighted by Crippen LogP contribution is -2.53. The Labute approximate surface area is 127 Å². The van der Waals surface area contributed by atoms with Crippen molar-refractivity contribution in [3.05, 3.63) is 0 Å². The van der Waals surface area contributed by atoms with E-state index in [1.165, 1.54) is 12.8 Å². The van der Waals surface area contributed by atoms with Crippen LogP contribution in [-0.4, -0.2) is 85.9 Å². The third-order valence-corrected chi connectivity index (χ3v) is 4.53. The third kappa shape index (κ3) is 4.68. The molecular weight excluding hydrogens is 268 g/mol. The number of amides is 2. The van der Waals surface area contributed by atoms with Crippen LogP contribution in [0, 0.1) is 5.92 Å². The lowest BCUT2D eigenvalue weighted by atomic mass is 9.98. The zero-order valence-corrected chi connectivity index (χ0v) is 13.3. The van der Waals surface area contributed by atoms with Crippen LogP contribution in [0.25, 0.3) is 0 Å². The number of likely N-dealkylation sites (tertiary alicyclic amines) is 1. The van der Waals surface area contributed by atoms with Crippen LogP contribution in [0.5, 0.6) is 0 Å². The van der Waals surface area contributed by atoms with Crippen LogP contribution in [0.1, 0.15) is 19.8 Å². The van der Waals surface area contributed by atoms with Gasteiger partial charge in [-0.2, -0.15) is 0 Å². The molecule has 2 fully saturated rings. The van der Waals surface area contributed by atoms with Gasteiger partial charge in [0.15, 0.2) is 0 Å². The lowest BCUT2D eigenvalue weighted by molar-refractivity contribution is -0.139. The molecule has 0 spiro atoms. The van der Waals surface area contributed by atoms with Gasteiger partial charge < -0.3 is 15.1 Å². The van der Waals surface area contributed by atoms with Gasteiger partial charge in [0, 0.05) is 39.6 Å². The first kappa shape index (κ1) is 16.2. The Bertz CT molecular complexity index is 365. The Balaban J connectivity index is 1.75. The molecule has 0 aromatic heterocycles. The molecule has 2 heterocycles. The van der Waals surface area contributed by atoms with Crippen LogP contribution in [0.3, 0.4) is 0 Å². The van der Waals surface area contributed by atoms with Gasteiger partial charge in [-0.05, 0) is 38.9 Å². The highest BCUT2D eigenvalue weighted by atomic mass is 16.2. The molecule has 21 heavy (non-hydrogen) atoms. The summed E-state index contributed by atoms with van der Waals surface area (Å²) in [5, 5.41) is 3.23. The summed E-state index contributed by atoms with van der Waals surface area (Å²) in [6.45, 7) is 7.88. The molecular formula is C15H28N4O2. The molecule has 0 aromatic rings. The van der Waals surface area contributed by atoms with E-state index in [1.807, 2.05) is 16.8 Å². The summed E-state index contributed by atoms with van der Waals surface area (Å²) in [7, 11) is 1.98. The normalized spacial score (nSPS) is 24.2. The molecule has 1 unspecified atom stereocenters. The van der Waals surface area contributed by atoms with Crippen LogP contribution in [0.4, 0.5) is 0 Å². The van der Waals surface area contributed by atoms with E-state index < -0.39 is 0 Å². The van der Waals surface area contributed by atoms with Gasteiger partial charge in [-0.15, -0.1) is 0 Å². The van der Waals surface area contributed by atoms with Crippen LogP contribution >= 0.6 is 0 Å². The molecule has 2 amide bonds. The monoisotopic (exact) mass is 296 g/mol. The van der Waals surface area contributed by atoms with E-state index in [-0.39, 0.29) is 11.8 Å². The molecule has 2 rings (SSSR count). The van der Waals surface area contributed by atoms with Crippen LogP contribution in [0.15, 0.2) is 0 Å². The SMILES string of the molecule is CNCC1CCCN(CC(=O)N2CCN(C(C)=O)CC2)C1. The van der Waals surface area contributed by atoms with Gasteiger partial charge in [0.05, 0.1) is 6.54 Å². The second-order valence-corrected chi connectivity index (χ2v) is 6.19. The molecule has 6 heteroatoms. The second kappa shape index (κ2) is 7.75. The van der Waals surface area contributed by atoms with E-state index in [2.05, 4.69) is 10.2 Å². The number of hydrogen-bond donors (Lipinski definition) is 1. The van der Waals surface area contributed by atoms with E-state index in [9.17, 15) is 9.59 Å². The van der Waals surface area contributed by atoms with Gasteiger partial charge in [0.2, 0.25) is 11.8 Å². The van der Waals surface area contributed by atoms with Crippen molar-refractivity contribution in [2.75, 3.05) is 59.4 Å². The number of piperidine rings is 1. The van der Waals surface area contributed by atoms with Crippen molar-refractivity contribution in [1.29, 1.82) is 0 Å². The molecule has 1 N–H and O–H groups in total. The van der Waals surface area contributed by atoms with Crippen LogP contribution in [0.2, 0.25) is 0 Å². The minimum absolute atomic E-state index is 0.105. The summed E-state index contributed by atoms with van der Waals surface area (Å²) in [6, 6.07) is 0. The average molecular weight is 296 g/mol. The van der Waals surface area contributed by atoms with Crippen LogP contribution in [-0.2, 0) is 9.59 Å². The topological polar surface area (TPSA) is 55.9 Å². The van der Waals surface area contributed by atoms with E-state index in [1.54, 1.807) is 6.92 Å². The fraction of sp³-hybridized carbons (Fsp3) is 0.867. The van der Waals surface area contributed by atoms with E-state index in [0.717, 1.165) is 19.6 Å². The summed E-state index contributed by atoms with van der Waals surface area (Å²) in [5.74, 6) is 0.974. The number of carbonyl (C=O) groups is 2. The number of nitrogens with one attached hydrogen (secondary N) is 1. The van der Waals surface area contributed by atoms with Gasteiger partial charge in [-0.3, -0.25) is 14.5 Å². The van der Waals surface area contributed by atoms with Gasteiger partial charge >= 0.3 is 0 Å². The number of carbonyl (C=O) groups excluding carboxylic acids is 2. The number of hydrogen-bond acceptors (Lipinski definition) is 4. The maximum absolute atomic E-state index is 12.4. The summed E-state index contributed by atoms with van der Waals surface area (Å²) in [5.41, 5.74) is 0. The van der Waals surface area contributed by atoms with Crippen molar-refractivity contribution in [3.63, 3.8) is 0 Å². The highest BCUT2D eigenvalue weighted by Crippen LogP contribution is 2.16. The molecule has 2 aliphatic heterocycles. The van der Waals surface area contributed by atoms with Gasteiger partial charge in [-0.1, -0.05) is 0 Å². The molecule has 2 saturated heterocycles. The zero-order valence-electron chi connectivity index (χ0n) is 13.3. The Hall–Kier alpha value is -1.14. The number of piperazine rings is 1. The summed E-state index contributed by atoms with van der Waals surface area (Å²) >= 11 is 0. The third-order valence-electron chi connectivity index (χ3n) is 4.53. The first-order chi connectivity index (χ1) is 10.1. The fourth-order valence-electron chi connectivity index (χ4n) is 3.31. The maximum atomic E-state index is 12.4.